The van der Waals surface area contributed by atoms with Gasteiger partial charge in [-0.2, -0.15) is 5.26 Å². The fourth-order valence-corrected chi connectivity index (χ4v) is 2.94. The van der Waals surface area contributed by atoms with Crippen molar-refractivity contribution in [3.8, 4) is 6.07 Å². The van der Waals surface area contributed by atoms with Gasteiger partial charge in [-0.15, -0.1) is 0 Å². The van der Waals surface area contributed by atoms with Crippen molar-refractivity contribution >= 4 is 0 Å². The Bertz CT molecular complexity index is 477. The summed E-state index contributed by atoms with van der Waals surface area (Å²) in [5.74, 6) is 1.10. The molecule has 1 aliphatic rings. The molecule has 0 heterocycles. The van der Waals surface area contributed by atoms with Gasteiger partial charge in [0.2, 0.25) is 0 Å². The van der Waals surface area contributed by atoms with Gasteiger partial charge in [-0.1, -0.05) is 18.2 Å². The molecule has 0 bridgehead atoms. The molecule has 1 aromatic rings. The van der Waals surface area contributed by atoms with E-state index in [2.05, 4.69) is 6.07 Å². The first-order valence-corrected chi connectivity index (χ1v) is 7.14. The first kappa shape index (κ1) is 14.7. The molecule has 20 heavy (non-hydrogen) atoms. The summed E-state index contributed by atoms with van der Waals surface area (Å²) in [6, 6.07) is 9.95. The molecule has 0 aromatic heterocycles. The number of hydrogen-bond donors (Lipinski definition) is 0. The van der Waals surface area contributed by atoms with Crippen molar-refractivity contribution in [1.82, 2.24) is 0 Å². The monoisotopic (exact) mass is 275 g/mol. The second-order valence-electron chi connectivity index (χ2n) is 5.45. The average molecular weight is 275 g/mol. The van der Waals surface area contributed by atoms with Crippen LogP contribution in [0, 0.1) is 17.2 Å². The SMILES string of the molecule is N#Cc1ccc([C@H]2CC[C@H](C/C=C/C(F)F)CC2)cc1. The van der Waals surface area contributed by atoms with Gasteiger partial charge in [-0.25, -0.2) is 8.78 Å². The van der Waals surface area contributed by atoms with Gasteiger partial charge >= 0.3 is 0 Å². The van der Waals surface area contributed by atoms with Crippen LogP contribution in [0.1, 0.15) is 49.1 Å². The third-order valence-electron chi connectivity index (χ3n) is 4.11. The minimum atomic E-state index is -2.33. The van der Waals surface area contributed by atoms with Crippen molar-refractivity contribution in [3.05, 3.63) is 47.5 Å². The summed E-state index contributed by atoms with van der Waals surface area (Å²) in [6.07, 6.45) is 5.47. The zero-order chi connectivity index (χ0) is 14.4. The topological polar surface area (TPSA) is 23.8 Å². The summed E-state index contributed by atoms with van der Waals surface area (Å²) >= 11 is 0. The van der Waals surface area contributed by atoms with Gasteiger partial charge < -0.3 is 0 Å². The Labute approximate surface area is 118 Å². The molecule has 1 nitrogen and oxygen atoms in total. The lowest BCUT2D eigenvalue weighted by atomic mass is 9.77. The molecule has 1 saturated carbocycles. The van der Waals surface area contributed by atoms with Crippen molar-refractivity contribution in [3.63, 3.8) is 0 Å². The molecule has 0 aliphatic heterocycles. The van der Waals surface area contributed by atoms with Crippen LogP contribution in [0.2, 0.25) is 0 Å². The quantitative estimate of drug-likeness (QED) is 0.706. The lowest BCUT2D eigenvalue weighted by molar-refractivity contribution is 0.203. The fraction of sp³-hybridized carbons (Fsp3) is 0.471. The Hall–Kier alpha value is -1.69. The van der Waals surface area contributed by atoms with Crippen LogP contribution >= 0.6 is 0 Å². The van der Waals surface area contributed by atoms with Crippen molar-refractivity contribution < 1.29 is 8.78 Å². The highest BCUT2D eigenvalue weighted by molar-refractivity contribution is 5.33. The van der Waals surface area contributed by atoms with Gasteiger partial charge in [0, 0.05) is 0 Å². The molecular formula is C17H19F2N. The Morgan fingerprint density at radius 1 is 1.15 bits per heavy atom. The van der Waals surface area contributed by atoms with E-state index in [0.717, 1.165) is 38.2 Å². The summed E-state index contributed by atoms with van der Waals surface area (Å²) < 4.78 is 24.0. The number of allylic oxidation sites excluding steroid dienone is 2. The first-order chi connectivity index (χ1) is 9.69. The number of nitrogens with zero attached hydrogens (tertiary/aromatic N) is 1. The minimum Gasteiger partial charge on any atom is -0.206 e. The van der Waals surface area contributed by atoms with Crippen molar-refractivity contribution in [1.29, 1.82) is 5.26 Å². The van der Waals surface area contributed by atoms with Crippen LogP contribution in [-0.4, -0.2) is 6.43 Å². The molecule has 0 N–H and O–H groups in total. The summed E-state index contributed by atoms with van der Waals surface area (Å²) in [6.45, 7) is 0. The zero-order valence-corrected chi connectivity index (χ0v) is 11.4. The van der Waals surface area contributed by atoms with Crippen LogP contribution in [0.25, 0.3) is 0 Å². The van der Waals surface area contributed by atoms with Crippen molar-refractivity contribution in [2.75, 3.05) is 0 Å². The van der Waals surface area contributed by atoms with Gasteiger partial charge in [0.05, 0.1) is 11.6 Å². The molecule has 0 spiro atoms. The molecule has 1 aromatic carbocycles. The van der Waals surface area contributed by atoms with Gasteiger partial charge in [-0.05, 0) is 67.7 Å². The number of rotatable bonds is 4. The molecule has 2 rings (SSSR count). The summed E-state index contributed by atoms with van der Waals surface area (Å²) in [4.78, 5) is 0. The standard InChI is InChI=1S/C17H19F2N/c18-17(19)3-1-2-13-4-8-15(9-5-13)16-10-6-14(12-20)7-11-16/h1,3,6-7,10-11,13,15,17H,2,4-5,8-9H2/b3-1+/t13-,15-. The minimum absolute atomic E-state index is 0.541. The normalized spacial score (nSPS) is 23.1. The van der Waals surface area contributed by atoms with Crippen LogP contribution in [0.3, 0.4) is 0 Å². The molecule has 1 aliphatic carbocycles. The van der Waals surface area contributed by atoms with E-state index in [4.69, 9.17) is 5.26 Å². The Balaban J connectivity index is 1.83. The first-order valence-electron chi connectivity index (χ1n) is 7.14. The highest BCUT2D eigenvalue weighted by atomic mass is 19.3. The Kier molecular flexibility index (Phi) is 5.29. The maximum atomic E-state index is 12.0. The lowest BCUT2D eigenvalue weighted by Gasteiger charge is -2.28. The maximum absolute atomic E-state index is 12.0. The fourth-order valence-electron chi connectivity index (χ4n) is 2.94. The molecule has 0 saturated heterocycles. The van der Waals surface area contributed by atoms with Crippen molar-refractivity contribution in [2.24, 2.45) is 5.92 Å². The second-order valence-corrected chi connectivity index (χ2v) is 5.45. The summed E-state index contributed by atoms with van der Waals surface area (Å²) in [5, 5.41) is 8.79. The number of alkyl halides is 2. The van der Waals surface area contributed by atoms with E-state index in [1.54, 1.807) is 6.08 Å². The van der Waals surface area contributed by atoms with Gasteiger partial charge in [0.1, 0.15) is 0 Å². The second kappa shape index (κ2) is 7.19. The number of benzene rings is 1. The lowest BCUT2D eigenvalue weighted by Crippen LogP contribution is -2.12. The number of halogens is 2. The predicted molar refractivity (Wildman–Crippen MR) is 75.6 cm³/mol. The number of nitriles is 1. The predicted octanol–water partition coefficient (Wildman–Crippen LogP) is 5.04. The van der Waals surface area contributed by atoms with Crippen molar-refractivity contribution in [2.45, 2.75) is 44.4 Å². The zero-order valence-electron chi connectivity index (χ0n) is 11.4. The number of hydrogen-bond acceptors (Lipinski definition) is 1. The van der Waals surface area contributed by atoms with Crippen LogP contribution in [0.4, 0.5) is 8.78 Å². The van der Waals surface area contributed by atoms with Crippen LogP contribution < -0.4 is 0 Å². The molecule has 106 valence electrons. The van der Waals surface area contributed by atoms with E-state index >= 15 is 0 Å². The molecule has 0 radical (unpaired) electrons. The van der Waals surface area contributed by atoms with E-state index in [0.29, 0.717) is 17.4 Å². The third kappa shape index (κ3) is 4.16. The van der Waals surface area contributed by atoms with Gasteiger partial charge in [0.25, 0.3) is 6.43 Å². The Morgan fingerprint density at radius 3 is 2.35 bits per heavy atom. The van der Waals surface area contributed by atoms with Crippen LogP contribution in [0.5, 0.6) is 0 Å². The molecule has 1 fully saturated rings. The molecule has 0 amide bonds. The van der Waals surface area contributed by atoms with Gasteiger partial charge in [-0.3, -0.25) is 0 Å². The largest absolute Gasteiger partial charge is 0.257 e. The average Bonchev–Trinajstić information content (AvgIpc) is 2.48. The molecule has 3 heteroatoms. The van der Waals surface area contributed by atoms with Gasteiger partial charge in [0.15, 0.2) is 0 Å². The third-order valence-corrected chi connectivity index (χ3v) is 4.11. The summed E-state index contributed by atoms with van der Waals surface area (Å²) in [7, 11) is 0. The highest BCUT2D eigenvalue weighted by Crippen LogP contribution is 2.37. The van der Waals surface area contributed by atoms with E-state index in [-0.39, 0.29) is 0 Å². The van der Waals surface area contributed by atoms with E-state index in [1.807, 2.05) is 24.3 Å². The molecule has 0 atom stereocenters. The molecular weight excluding hydrogens is 256 g/mol. The van der Waals surface area contributed by atoms with E-state index in [1.165, 1.54) is 5.56 Å². The Morgan fingerprint density at radius 2 is 1.80 bits per heavy atom. The smallest absolute Gasteiger partial charge is 0.206 e. The van der Waals surface area contributed by atoms with E-state index < -0.39 is 6.43 Å². The summed E-state index contributed by atoms with van der Waals surface area (Å²) in [5.41, 5.74) is 1.99. The highest BCUT2D eigenvalue weighted by Gasteiger charge is 2.21. The van der Waals surface area contributed by atoms with Crippen LogP contribution in [-0.2, 0) is 0 Å². The molecule has 0 unspecified atom stereocenters. The van der Waals surface area contributed by atoms with E-state index in [9.17, 15) is 8.78 Å². The van der Waals surface area contributed by atoms with Crippen LogP contribution in [0.15, 0.2) is 36.4 Å². The maximum Gasteiger partial charge on any atom is 0.257 e.